The fraction of sp³-hybridized carbons (Fsp3) is 0.625. The van der Waals surface area contributed by atoms with E-state index in [9.17, 15) is 0 Å². The van der Waals surface area contributed by atoms with E-state index in [2.05, 4.69) is 51.4 Å². The van der Waals surface area contributed by atoms with Crippen molar-refractivity contribution < 1.29 is 4.84 Å². The molecule has 1 aliphatic rings. The Bertz CT molecular complexity index is 435. The molecule has 100 valence electrons. The molecule has 0 saturated carbocycles. The lowest BCUT2D eigenvalue weighted by Gasteiger charge is -2.42. The molecule has 1 aromatic rings. The summed E-state index contributed by atoms with van der Waals surface area (Å²) >= 11 is 0. The van der Waals surface area contributed by atoms with Crippen LogP contribution in [0.5, 0.6) is 0 Å². The molecule has 0 spiro atoms. The number of fused-ring (bicyclic) bond motifs is 1. The van der Waals surface area contributed by atoms with Crippen molar-refractivity contribution in [1.82, 2.24) is 5.48 Å². The van der Waals surface area contributed by atoms with E-state index in [1.807, 2.05) is 0 Å². The second kappa shape index (κ2) is 4.67. The molecule has 1 aromatic carbocycles. The maximum atomic E-state index is 4.93. The fourth-order valence-electron chi connectivity index (χ4n) is 2.90. The predicted octanol–water partition coefficient (Wildman–Crippen LogP) is 3.69. The number of hydroxylamine groups is 1. The van der Waals surface area contributed by atoms with Gasteiger partial charge in [-0.1, -0.05) is 45.9 Å². The molecule has 0 saturated heterocycles. The maximum absolute atomic E-state index is 4.93. The molecular formula is C16H25NO. The van der Waals surface area contributed by atoms with Crippen LogP contribution in [0.3, 0.4) is 0 Å². The number of benzene rings is 1. The largest absolute Gasteiger partial charge is 0.305 e. The fourth-order valence-corrected chi connectivity index (χ4v) is 2.90. The molecule has 1 N–H and O–H groups in total. The molecule has 18 heavy (non-hydrogen) atoms. The van der Waals surface area contributed by atoms with Crippen LogP contribution < -0.4 is 5.48 Å². The zero-order valence-corrected chi connectivity index (χ0v) is 12.3. The zero-order valence-electron chi connectivity index (χ0n) is 12.3. The molecule has 0 amide bonds. The quantitative estimate of drug-likeness (QED) is 0.823. The van der Waals surface area contributed by atoms with Gasteiger partial charge in [-0.2, -0.15) is 5.48 Å². The highest BCUT2D eigenvalue weighted by Gasteiger charge is 2.36. The van der Waals surface area contributed by atoms with Crippen LogP contribution in [0.2, 0.25) is 0 Å². The normalized spacial score (nSPS) is 20.5. The van der Waals surface area contributed by atoms with Gasteiger partial charge in [0.15, 0.2) is 0 Å². The third-order valence-electron chi connectivity index (χ3n) is 4.34. The van der Waals surface area contributed by atoms with Crippen LogP contribution in [0.15, 0.2) is 18.2 Å². The third kappa shape index (κ3) is 2.45. The molecule has 1 aliphatic carbocycles. The van der Waals surface area contributed by atoms with Gasteiger partial charge in [0.05, 0.1) is 7.11 Å². The summed E-state index contributed by atoms with van der Waals surface area (Å²) in [6.07, 6.45) is 2.52. The summed E-state index contributed by atoms with van der Waals surface area (Å²) in [5, 5.41) is 0. The van der Waals surface area contributed by atoms with Gasteiger partial charge in [-0.05, 0) is 40.4 Å². The predicted molar refractivity (Wildman–Crippen MR) is 75.6 cm³/mol. The van der Waals surface area contributed by atoms with E-state index in [-0.39, 0.29) is 5.41 Å². The van der Waals surface area contributed by atoms with Crippen molar-refractivity contribution in [3.05, 3.63) is 34.9 Å². The van der Waals surface area contributed by atoms with Gasteiger partial charge < -0.3 is 4.84 Å². The Morgan fingerprint density at radius 3 is 2.28 bits per heavy atom. The van der Waals surface area contributed by atoms with E-state index in [4.69, 9.17) is 4.84 Å². The Morgan fingerprint density at radius 2 is 1.67 bits per heavy atom. The second-order valence-corrected chi connectivity index (χ2v) is 6.67. The van der Waals surface area contributed by atoms with Gasteiger partial charge in [0.25, 0.3) is 0 Å². The van der Waals surface area contributed by atoms with E-state index >= 15 is 0 Å². The molecule has 2 nitrogen and oxygen atoms in total. The minimum absolute atomic E-state index is 0.286. The summed E-state index contributed by atoms with van der Waals surface area (Å²) in [6, 6.07) is 6.87. The molecule has 0 bridgehead atoms. The number of hydrogen-bond acceptors (Lipinski definition) is 2. The van der Waals surface area contributed by atoms with Gasteiger partial charge >= 0.3 is 0 Å². The van der Waals surface area contributed by atoms with Crippen LogP contribution in [-0.4, -0.2) is 7.11 Å². The van der Waals surface area contributed by atoms with Crippen molar-refractivity contribution in [3.63, 3.8) is 0 Å². The van der Waals surface area contributed by atoms with Gasteiger partial charge in [0.2, 0.25) is 0 Å². The zero-order chi connectivity index (χ0) is 13.4. The molecule has 0 radical (unpaired) electrons. The van der Waals surface area contributed by atoms with Crippen molar-refractivity contribution >= 4 is 0 Å². The first-order chi connectivity index (χ1) is 8.37. The van der Waals surface area contributed by atoms with E-state index in [1.165, 1.54) is 29.5 Å². The molecule has 2 heteroatoms. The smallest absolute Gasteiger partial charge is 0.0572 e. The van der Waals surface area contributed by atoms with Crippen LogP contribution >= 0.6 is 0 Å². The van der Waals surface area contributed by atoms with Crippen LogP contribution in [0, 0.1) is 0 Å². The summed E-state index contributed by atoms with van der Waals surface area (Å²) in [4.78, 5) is 4.93. The lowest BCUT2D eigenvalue weighted by Crippen LogP contribution is -2.34. The molecule has 0 aliphatic heterocycles. The van der Waals surface area contributed by atoms with Gasteiger partial charge in [-0.25, -0.2) is 0 Å². The minimum atomic E-state index is 0.286. The summed E-state index contributed by atoms with van der Waals surface area (Å²) in [5.74, 6) is 0. The van der Waals surface area contributed by atoms with Crippen LogP contribution in [0.25, 0.3) is 0 Å². The Labute approximate surface area is 111 Å². The standard InChI is InChI=1S/C16H25NO/c1-15(2)8-9-16(3,4)14-10-12(11-17-18-5)6-7-13(14)15/h6-7,10,17H,8-9,11H2,1-5H3. The topological polar surface area (TPSA) is 21.3 Å². The first kappa shape index (κ1) is 13.6. The lowest BCUT2D eigenvalue weighted by molar-refractivity contribution is 0.0866. The van der Waals surface area contributed by atoms with E-state index < -0.39 is 0 Å². The number of rotatable bonds is 3. The van der Waals surface area contributed by atoms with Crippen LogP contribution in [0.4, 0.5) is 0 Å². The van der Waals surface area contributed by atoms with Crippen LogP contribution in [0.1, 0.15) is 57.2 Å². The Kier molecular flexibility index (Phi) is 3.52. The van der Waals surface area contributed by atoms with Crippen molar-refractivity contribution in [2.24, 2.45) is 0 Å². The molecule has 0 fully saturated rings. The van der Waals surface area contributed by atoms with Crippen LogP contribution in [-0.2, 0) is 22.2 Å². The van der Waals surface area contributed by atoms with E-state index in [0.717, 1.165) is 6.54 Å². The van der Waals surface area contributed by atoms with E-state index in [0.29, 0.717) is 5.41 Å². The van der Waals surface area contributed by atoms with Crippen molar-refractivity contribution in [2.45, 2.75) is 57.9 Å². The highest BCUT2D eigenvalue weighted by molar-refractivity contribution is 5.43. The highest BCUT2D eigenvalue weighted by atomic mass is 16.6. The second-order valence-electron chi connectivity index (χ2n) is 6.67. The molecule has 0 unspecified atom stereocenters. The summed E-state index contributed by atoms with van der Waals surface area (Å²) in [7, 11) is 1.66. The molecular weight excluding hydrogens is 222 g/mol. The Morgan fingerprint density at radius 1 is 1.06 bits per heavy atom. The third-order valence-corrected chi connectivity index (χ3v) is 4.34. The molecule has 0 atom stereocenters. The average molecular weight is 247 g/mol. The SMILES string of the molecule is CONCc1ccc2c(c1)C(C)(C)CCC2(C)C. The van der Waals surface area contributed by atoms with Crippen molar-refractivity contribution in [3.8, 4) is 0 Å². The van der Waals surface area contributed by atoms with Gasteiger partial charge in [0.1, 0.15) is 0 Å². The lowest BCUT2D eigenvalue weighted by atomic mass is 9.63. The Balaban J connectivity index is 2.42. The van der Waals surface area contributed by atoms with E-state index in [1.54, 1.807) is 7.11 Å². The first-order valence-electron chi connectivity index (χ1n) is 6.76. The van der Waals surface area contributed by atoms with Crippen molar-refractivity contribution in [2.75, 3.05) is 7.11 Å². The number of hydrogen-bond donors (Lipinski definition) is 1. The maximum Gasteiger partial charge on any atom is 0.0572 e. The number of nitrogens with one attached hydrogen (secondary N) is 1. The van der Waals surface area contributed by atoms with Gasteiger partial charge in [0, 0.05) is 6.54 Å². The monoisotopic (exact) mass is 247 g/mol. The van der Waals surface area contributed by atoms with Gasteiger partial charge in [-0.15, -0.1) is 0 Å². The highest BCUT2D eigenvalue weighted by Crippen LogP contribution is 2.45. The minimum Gasteiger partial charge on any atom is -0.305 e. The molecule has 0 aromatic heterocycles. The summed E-state index contributed by atoms with van der Waals surface area (Å²) < 4.78 is 0. The summed E-state index contributed by atoms with van der Waals surface area (Å²) in [6.45, 7) is 10.2. The van der Waals surface area contributed by atoms with Gasteiger partial charge in [-0.3, -0.25) is 0 Å². The molecule has 2 rings (SSSR count). The average Bonchev–Trinajstić information content (AvgIpc) is 2.32. The summed E-state index contributed by atoms with van der Waals surface area (Å²) in [5.41, 5.74) is 7.82. The van der Waals surface area contributed by atoms with Crippen molar-refractivity contribution in [1.29, 1.82) is 0 Å². The first-order valence-corrected chi connectivity index (χ1v) is 6.76. The Hall–Kier alpha value is -0.860. The molecule has 0 heterocycles.